The molecule has 0 saturated heterocycles. The summed E-state index contributed by atoms with van der Waals surface area (Å²) in [5.41, 5.74) is 3.62. The third kappa shape index (κ3) is 3.41. The number of hydrogen-bond donors (Lipinski definition) is 0. The average Bonchev–Trinajstić information content (AvgIpc) is 2.98. The molecule has 1 aliphatic rings. The highest BCUT2D eigenvalue weighted by molar-refractivity contribution is 7.19. The zero-order chi connectivity index (χ0) is 19.6. The van der Waals surface area contributed by atoms with Crippen molar-refractivity contribution in [3.8, 4) is 23.2 Å². The lowest BCUT2D eigenvalue weighted by atomic mass is 10.0. The van der Waals surface area contributed by atoms with E-state index in [9.17, 15) is 4.79 Å². The van der Waals surface area contributed by atoms with Crippen molar-refractivity contribution in [1.29, 1.82) is 0 Å². The summed E-state index contributed by atoms with van der Waals surface area (Å²) in [6.45, 7) is 0. The Bertz CT molecular complexity index is 1290. The molecule has 1 aliphatic carbocycles. The number of benzene rings is 2. The molecule has 3 heteroatoms. The predicted molar refractivity (Wildman–Crippen MR) is 119 cm³/mol. The monoisotopic (exact) mass is 396 g/mol. The number of rotatable bonds is 1. The zero-order valence-electron chi connectivity index (χ0n) is 16.0. The topological polar surface area (TPSA) is 30.2 Å². The van der Waals surface area contributed by atoms with Crippen LogP contribution in [0.4, 0.5) is 0 Å². The van der Waals surface area contributed by atoms with Crippen molar-refractivity contribution < 1.29 is 4.42 Å². The maximum Gasteiger partial charge on any atom is 0.345 e. The summed E-state index contributed by atoms with van der Waals surface area (Å²) in [7, 11) is 0. The molecule has 4 aromatic rings. The van der Waals surface area contributed by atoms with Crippen molar-refractivity contribution in [2.24, 2.45) is 0 Å². The van der Waals surface area contributed by atoms with Crippen molar-refractivity contribution in [3.05, 3.63) is 92.7 Å². The molecular formula is C26H20O2S. The fourth-order valence-corrected chi connectivity index (χ4v) is 5.37. The van der Waals surface area contributed by atoms with Gasteiger partial charge in [0.1, 0.15) is 0 Å². The van der Waals surface area contributed by atoms with E-state index in [2.05, 4.69) is 11.8 Å². The normalized spacial score (nSPS) is 13.4. The van der Waals surface area contributed by atoms with Crippen LogP contribution in [0.1, 0.15) is 40.8 Å². The van der Waals surface area contributed by atoms with Crippen molar-refractivity contribution in [2.45, 2.75) is 32.1 Å². The van der Waals surface area contributed by atoms with Crippen LogP contribution in [0.5, 0.6) is 0 Å². The summed E-state index contributed by atoms with van der Waals surface area (Å²) in [6.07, 6.45) is 5.53. The fraction of sp³-hybridized carbons (Fsp3) is 0.192. The largest absolute Gasteiger partial charge is 0.421 e. The van der Waals surface area contributed by atoms with Gasteiger partial charge in [-0.2, -0.15) is 0 Å². The van der Waals surface area contributed by atoms with E-state index in [4.69, 9.17) is 4.42 Å². The molecule has 0 fully saturated rings. The molecule has 0 radical (unpaired) electrons. The van der Waals surface area contributed by atoms with Crippen LogP contribution in [0.15, 0.2) is 69.9 Å². The SMILES string of the molecule is O=c1oc(-c2ccccc2)c(C#Cc2ccccc2)c2sc3c(c12)CCCCC3. The molecule has 2 nitrogen and oxygen atoms in total. The van der Waals surface area contributed by atoms with Gasteiger partial charge in [0.05, 0.1) is 15.6 Å². The Balaban J connectivity index is 1.80. The highest BCUT2D eigenvalue weighted by Crippen LogP contribution is 2.38. The summed E-state index contributed by atoms with van der Waals surface area (Å²) in [5.74, 6) is 7.19. The minimum atomic E-state index is -0.233. The molecule has 0 bridgehead atoms. The summed E-state index contributed by atoms with van der Waals surface area (Å²) in [6, 6.07) is 19.7. The van der Waals surface area contributed by atoms with Crippen molar-refractivity contribution in [2.75, 3.05) is 0 Å². The third-order valence-electron chi connectivity index (χ3n) is 5.42. The van der Waals surface area contributed by atoms with Gasteiger partial charge < -0.3 is 4.42 Å². The molecule has 0 unspecified atom stereocenters. The maximum atomic E-state index is 13.0. The molecule has 29 heavy (non-hydrogen) atoms. The Labute approximate surface area is 173 Å². The smallest absolute Gasteiger partial charge is 0.345 e. The lowest BCUT2D eigenvalue weighted by Gasteiger charge is -2.05. The second kappa shape index (κ2) is 7.73. The van der Waals surface area contributed by atoms with Gasteiger partial charge in [-0.15, -0.1) is 11.3 Å². The number of hydrogen-bond acceptors (Lipinski definition) is 3. The van der Waals surface area contributed by atoms with Gasteiger partial charge in [-0.25, -0.2) is 4.79 Å². The molecule has 2 aromatic heterocycles. The highest BCUT2D eigenvalue weighted by atomic mass is 32.1. The van der Waals surface area contributed by atoms with E-state index in [1.54, 1.807) is 11.3 Å². The van der Waals surface area contributed by atoms with Crippen LogP contribution in [0.2, 0.25) is 0 Å². The van der Waals surface area contributed by atoms with Crippen LogP contribution in [-0.2, 0) is 12.8 Å². The van der Waals surface area contributed by atoms with Gasteiger partial charge in [0.2, 0.25) is 0 Å². The van der Waals surface area contributed by atoms with Gasteiger partial charge in [0.25, 0.3) is 0 Å². The van der Waals surface area contributed by atoms with Crippen molar-refractivity contribution >= 4 is 21.4 Å². The van der Waals surface area contributed by atoms with E-state index < -0.39 is 0 Å². The lowest BCUT2D eigenvalue weighted by Crippen LogP contribution is -2.04. The maximum absolute atomic E-state index is 13.0. The first-order valence-corrected chi connectivity index (χ1v) is 10.9. The predicted octanol–water partition coefficient (Wildman–Crippen LogP) is 6.19. The van der Waals surface area contributed by atoms with E-state index in [0.29, 0.717) is 5.76 Å². The first-order chi connectivity index (χ1) is 14.3. The summed E-state index contributed by atoms with van der Waals surface area (Å²) in [5, 5.41) is 0.754. The molecular weight excluding hydrogens is 376 g/mol. The van der Waals surface area contributed by atoms with Gasteiger partial charge in [-0.05, 0) is 43.4 Å². The summed E-state index contributed by atoms with van der Waals surface area (Å²) in [4.78, 5) is 14.4. The Morgan fingerprint density at radius 3 is 2.34 bits per heavy atom. The van der Waals surface area contributed by atoms with Crippen LogP contribution in [0.25, 0.3) is 21.4 Å². The average molecular weight is 397 g/mol. The molecule has 0 amide bonds. The molecule has 0 aliphatic heterocycles. The first kappa shape index (κ1) is 18.0. The van der Waals surface area contributed by atoms with E-state index in [1.807, 2.05) is 60.7 Å². The van der Waals surface area contributed by atoms with E-state index >= 15 is 0 Å². The first-order valence-electron chi connectivity index (χ1n) is 10.0. The second-order valence-electron chi connectivity index (χ2n) is 7.34. The Morgan fingerprint density at radius 2 is 1.55 bits per heavy atom. The van der Waals surface area contributed by atoms with E-state index in [0.717, 1.165) is 46.0 Å². The van der Waals surface area contributed by atoms with Gasteiger partial charge in [0.15, 0.2) is 5.76 Å². The van der Waals surface area contributed by atoms with E-state index in [-0.39, 0.29) is 5.63 Å². The van der Waals surface area contributed by atoms with Gasteiger partial charge in [-0.3, -0.25) is 0 Å². The van der Waals surface area contributed by atoms with Gasteiger partial charge in [-0.1, -0.05) is 66.8 Å². The van der Waals surface area contributed by atoms with E-state index in [1.165, 1.54) is 23.3 Å². The Morgan fingerprint density at radius 1 is 0.828 bits per heavy atom. The molecule has 0 N–H and O–H groups in total. The molecule has 2 aromatic carbocycles. The van der Waals surface area contributed by atoms with Crippen molar-refractivity contribution in [1.82, 2.24) is 0 Å². The molecule has 0 spiro atoms. The second-order valence-corrected chi connectivity index (χ2v) is 8.45. The molecule has 5 rings (SSSR count). The van der Waals surface area contributed by atoms with Crippen LogP contribution in [0.3, 0.4) is 0 Å². The molecule has 0 saturated carbocycles. The number of thiophene rings is 1. The standard InChI is InChI=1S/C26H20O2S/c27-26-23-20-14-8-3-9-15-22(20)29-25(23)21(17-16-18-10-4-1-5-11-18)24(28-26)19-12-6-2-7-13-19/h1-2,4-7,10-13H,3,8-9,14-15H2. The Kier molecular flexibility index (Phi) is 4.79. The minimum absolute atomic E-state index is 0.233. The minimum Gasteiger partial charge on any atom is -0.421 e. The summed E-state index contributed by atoms with van der Waals surface area (Å²) >= 11 is 1.74. The van der Waals surface area contributed by atoms with Gasteiger partial charge >= 0.3 is 5.63 Å². The van der Waals surface area contributed by atoms with Crippen LogP contribution >= 0.6 is 11.3 Å². The highest BCUT2D eigenvalue weighted by Gasteiger charge is 2.23. The van der Waals surface area contributed by atoms with Crippen LogP contribution in [-0.4, -0.2) is 0 Å². The fourth-order valence-electron chi connectivity index (χ4n) is 4.00. The lowest BCUT2D eigenvalue weighted by molar-refractivity contribution is 0.533. The quantitative estimate of drug-likeness (QED) is 0.284. The van der Waals surface area contributed by atoms with Crippen LogP contribution < -0.4 is 5.63 Å². The van der Waals surface area contributed by atoms with Gasteiger partial charge in [0, 0.05) is 16.0 Å². The Hall–Kier alpha value is -3.09. The molecule has 142 valence electrons. The molecule has 2 heterocycles. The zero-order valence-corrected chi connectivity index (χ0v) is 16.9. The van der Waals surface area contributed by atoms with Crippen molar-refractivity contribution in [3.63, 3.8) is 0 Å². The number of aryl methyl sites for hydroxylation is 2. The number of fused-ring (bicyclic) bond motifs is 3. The molecule has 0 atom stereocenters. The van der Waals surface area contributed by atoms with Crippen LogP contribution in [0, 0.1) is 11.8 Å². The third-order valence-corrected chi connectivity index (χ3v) is 6.73. The summed E-state index contributed by atoms with van der Waals surface area (Å²) < 4.78 is 6.89.